The average Bonchev–Trinajstić information content (AvgIpc) is 2.89. The fourth-order valence-electron chi connectivity index (χ4n) is 3.07. The van der Waals surface area contributed by atoms with E-state index in [2.05, 4.69) is 11.1 Å². The fourth-order valence-corrected chi connectivity index (χ4v) is 3.87. The molecule has 2 aromatic carbocycles. The summed E-state index contributed by atoms with van der Waals surface area (Å²) in [5.41, 5.74) is 1.88. The number of benzene rings is 2. The van der Waals surface area contributed by atoms with Gasteiger partial charge in [0.05, 0.1) is 30.0 Å². The van der Waals surface area contributed by atoms with Gasteiger partial charge in [0.15, 0.2) is 17.3 Å². The molecule has 0 aliphatic carbocycles. The summed E-state index contributed by atoms with van der Waals surface area (Å²) in [6.07, 6.45) is 0.851. The summed E-state index contributed by atoms with van der Waals surface area (Å²) in [6.45, 7) is 1.27. The molecule has 0 spiro atoms. The number of ether oxygens (including phenoxy) is 2. The zero-order valence-electron chi connectivity index (χ0n) is 15.4. The SMILES string of the molecule is Cn1c(C(C#N)=C(O)CSc2ccc3c(c2)OCCCO3)nc2ccccc21. The van der Waals surface area contributed by atoms with Gasteiger partial charge in [-0.3, -0.25) is 0 Å². The number of rotatable bonds is 4. The molecule has 1 aliphatic rings. The lowest BCUT2D eigenvalue weighted by atomic mass is 10.2. The molecule has 1 aliphatic heterocycles. The highest BCUT2D eigenvalue weighted by Gasteiger charge is 2.17. The minimum Gasteiger partial charge on any atom is -0.510 e. The van der Waals surface area contributed by atoms with Crippen molar-refractivity contribution in [2.45, 2.75) is 11.3 Å². The zero-order chi connectivity index (χ0) is 19.5. The van der Waals surface area contributed by atoms with Crippen LogP contribution in [0, 0.1) is 11.3 Å². The first-order valence-corrected chi connectivity index (χ1v) is 9.92. The number of nitriles is 1. The van der Waals surface area contributed by atoms with Crippen LogP contribution in [0.25, 0.3) is 16.6 Å². The molecular weight excluding hydrogens is 374 g/mol. The second-order valence-electron chi connectivity index (χ2n) is 6.36. The number of thioether (sulfide) groups is 1. The Morgan fingerprint density at radius 1 is 1.21 bits per heavy atom. The molecule has 7 heteroatoms. The zero-order valence-corrected chi connectivity index (χ0v) is 16.2. The maximum atomic E-state index is 10.6. The maximum Gasteiger partial charge on any atom is 0.162 e. The Bertz CT molecular complexity index is 1100. The highest BCUT2D eigenvalue weighted by atomic mass is 32.2. The maximum absolute atomic E-state index is 10.6. The van der Waals surface area contributed by atoms with E-state index in [0.717, 1.165) is 28.1 Å². The Kier molecular flexibility index (Phi) is 5.13. The summed E-state index contributed by atoms with van der Waals surface area (Å²) in [5.74, 6) is 2.16. The Morgan fingerprint density at radius 2 is 2.00 bits per heavy atom. The van der Waals surface area contributed by atoms with E-state index in [1.54, 1.807) is 0 Å². The molecule has 0 atom stereocenters. The molecule has 0 saturated heterocycles. The number of para-hydroxylation sites is 2. The minimum absolute atomic E-state index is 0.00184. The third-order valence-corrected chi connectivity index (χ3v) is 5.51. The van der Waals surface area contributed by atoms with Crippen LogP contribution in [0.5, 0.6) is 11.5 Å². The normalized spacial score (nSPS) is 14.3. The number of nitrogens with zero attached hydrogens (tertiary/aromatic N) is 3. The summed E-state index contributed by atoms with van der Waals surface area (Å²) in [6, 6.07) is 15.4. The summed E-state index contributed by atoms with van der Waals surface area (Å²) in [4.78, 5) is 5.43. The van der Waals surface area contributed by atoms with Crippen LogP contribution in [0.4, 0.5) is 0 Å². The molecule has 1 aromatic heterocycles. The number of imidazole rings is 1. The van der Waals surface area contributed by atoms with E-state index < -0.39 is 0 Å². The fraction of sp³-hybridized carbons (Fsp3) is 0.238. The van der Waals surface area contributed by atoms with Gasteiger partial charge in [-0.05, 0) is 30.3 Å². The van der Waals surface area contributed by atoms with Gasteiger partial charge in [0, 0.05) is 18.4 Å². The number of hydrogen-bond donors (Lipinski definition) is 1. The number of fused-ring (bicyclic) bond motifs is 2. The molecule has 3 aromatic rings. The lowest BCUT2D eigenvalue weighted by molar-refractivity contribution is 0.297. The lowest BCUT2D eigenvalue weighted by Crippen LogP contribution is -2.01. The van der Waals surface area contributed by atoms with Crippen molar-refractivity contribution < 1.29 is 14.6 Å². The largest absolute Gasteiger partial charge is 0.510 e. The van der Waals surface area contributed by atoms with Crippen molar-refractivity contribution in [1.29, 1.82) is 5.26 Å². The van der Waals surface area contributed by atoms with Crippen LogP contribution in [0.15, 0.2) is 53.1 Å². The molecule has 142 valence electrons. The molecule has 6 nitrogen and oxygen atoms in total. The molecule has 0 fully saturated rings. The van der Waals surface area contributed by atoms with Gasteiger partial charge in [-0.25, -0.2) is 4.98 Å². The van der Waals surface area contributed by atoms with E-state index in [-0.39, 0.29) is 17.1 Å². The molecule has 1 N–H and O–H groups in total. The van der Waals surface area contributed by atoms with Crippen molar-refractivity contribution in [3.63, 3.8) is 0 Å². The van der Waals surface area contributed by atoms with E-state index in [1.165, 1.54) is 11.8 Å². The molecule has 0 radical (unpaired) electrons. The monoisotopic (exact) mass is 393 g/mol. The second kappa shape index (κ2) is 7.87. The van der Waals surface area contributed by atoms with Crippen LogP contribution < -0.4 is 9.47 Å². The van der Waals surface area contributed by atoms with Crippen LogP contribution in [-0.2, 0) is 7.05 Å². The van der Waals surface area contributed by atoms with Gasteiger partial charge in [0.2, 0.25) is 0 Å². The molecule has 28 heavy (non-hydrogen) atoms. The van der Waals surface area contributed by atoms with Crippen LogP contribution in [-0.4, -0.2) is 33.6 Å². The van der Waals surface area contributed by atoms with Gasteiger partial charge in [0.1, 0.15) is 17.4 Å². The van der Waals surface area contributed by atoms with E-state index in [4.69, 9.17) is 9.47 Å². The Balaban J connectivity index is 1.58. The number of aryl methyl sites for hydroxylation is 1. The lowest BCUT2D eigenvalue weighted by Gasteiger charge is -2.09. The summed E-state index contributed by atoms with van der Waals surface area (Å²) in [7, 11) is 1.84. The topological polar surface area (TPSA) is 80.3 Å². The third-order valence-electron chi connectivity index (χ3n) is 4.51. The average molecular weight is 393 g/mol. The van der Waals surface area contributed by atoms with Gasteiger partial charge < -0.3 is 19.1 Å². The first kappa shape index (κ1) is 18.3. The van der Waals surface area contributed by atoms with Crippen LogP contribution >= 0.6 is 11.8 Å². The van der Waals surface area contributed by atoms with Gasteiger partial charge in [0.25, 0.3) is 0 Å². The van der Waals surface area contributed by atoms with Gasteiger partial charge >= 0.3 is 0 Å². The van der Waals surface area contributed by atoms with Crippen molar-refractivity contribution >= 4 is 28.4 Å². The van der Waals surface area contributed by atoms with Crippen LogP contribution in [0.2, 0.25) is 0 Å². The Labute approximate surface area is 167 Å². The van der Waals surface area contributed by atoms with Gasteiger partial charge in [-0.2, -0.15) is 5.26 Å². The predicted octanol–water partition coefficient (Wildman–Crippen LogP) is 4.32. The Morgan fingerprint density at radius 3 is 2.79 bits per heavy atom. The van der Waals surface area contributed by atoms with E-state index in [1.807, 2.05) is 54.1 Å². The van der Waals surface area contributed by atoms with Gasteiger partial charge in [-0.1, -0.05) is 12.1 Å². The van der Waals surface area contributed by atoms with Crippen molar-refractivity contribution in [2.24, 2.45) is 7.05 Å². The minimum atomic E-state index is -0.00184. The van der Waals surface area contributed by atoms with E-state index >= 15 is 0 Å². The first-order chi connectivity index (χ1) is 13.7. The smallest absolute Gasteiger partial charge is 0.162 e. The van der Waals surface area contributed by atoms with Crippen LogP contribution in [0.1, 0.15) is 12.2 Å². The summed E-state index contributed by atoms with van der Waals surface area (Å²) >= 11 is 1.43. The summed E-state index contributed by atoms with van der Waals surface area (Å²) < 4.78 is 13.2. The molecule has 2 heterocycles. The molecular formula is C21H19N3O3S. The molecule has 0 bridgehead atoms. The number of allylic oxidation sites excluding steroid dienone is 1. The first-order valence-electron chi connectivity index (χ1n) is 8.94. The highest BCUT2D eigenvalue weighted by Crippen LogP contribution is 2.34. The van der Waals surface area contributed by atoms with Crippen molar-refractivity contribution in [3.8, 4) is 17.6 Å². The number of hydrogen-bond acceptors (Lipinski definition) is 6. The van der Waals surface area contributed by atoms with Crippen LogP contribution in [0.3, 0.4) is 0 Å². The summed E-state index contributed by atoms with van der Waals surface area (Å²) in [5, 5.41) is 20.2. The standard InChI is InChI=1S/C21H19N3O3S/c1-24-17-6-3-2-5-16(17)23-21(24)15(12-22)18(25)13-28-14-7-8-19-20(11-14)27-10-4-9-26-19/h2-3,5-8,11,25H,4,9-10,13H2,1H3. The molecule has 0 amide bonds. The third kappa shape index (κ3) is 3.51. The quantitative estimate of drug-likeness (QED) is 0.404. The van der Waals surface area contributed by atoms with Crippen molar-refractivity contribution in [1.82, 2.24) is 9.55 Å². The van der Waals surface area contributed by atoms with Gasteiger partial charge in [-0.15, -0.1) is 11.8 Å². The molecule has 0 saturated carbocycles. The number of aliphatic hydroxyl groups excluding tert-OH is 1. The number of aromatic nitrogens is 2. The second-order valence-corrected chi connectivity index (χ2v) is 7.41. The molecule has 0 unspecified atom stereocenters. The number of aliphatic hydroxyl groups is 1. The molecule has 4 rings (SSSR count). The van der Waals surface area contributed by atoms with Crippen molar-refractivity contribution in [3.05, 3.63) is 54.0 Å². The van der Waals surface area contributed by atoms with E-state index in [9.17, 15) is 10.4 Å². The predicted molar refractivity (Wildman–Crippen MR) is 109 cm³/mol. The van der Waals surface area contributed by atoms with E-state index in [0.29, 0.717) is 24.8 Å². The van der Waals surface area contributed by atoms with Crippen molar-refractivity contribution in [2.75, 3.05) is 19.0 Å². The Hall–Kier alpha value is -3.11. The highest BCUT2D eigenvalue weighted by molar-refractivity contribution is 7.99.